The first kappa shape index (κ1) is 12.0. The van der Waals surface area contributed by atoms with Crippen molar-refractivity contribution in [2.24, 2.45) is 0 Å². The van der Waals surface area contributed by atoms with E-state index in [4.69, 9.17) is 4.74 Å². The molecule has 0 unspecified atom stereocenters. The Morgan fingerprint density at radius 3 is 2.20 bits per heavy atom. The second-order valence-electron chi connectivity index (χ2n) is 3.66. The van der Waals surface area contributed by atoms with Crippen molar-refractivity contribution in [2.75, 3.05) is 26.3 Å². The first-order valence-electron chi connectivity index (χ1n) is 5.25. The molecule has 0 aromatic rings. The Hall–Kier alpha value is -1.10. The maximum atomic E-state index is 11.5. The molecular weight excluding hydrogens is 198 g/mol. The fourth-order valence-corrected chi connectivity index (χ4v) is 1.63. The molecule has 1 aliphatic rings. The number of carbonyl (C=O) groups excluding carboxylic acids is 2. The van der Waals surface area contributed by atoms with Crippen LogP contribution in [0.15, 0.2) is 0 Å². The van der Waals surface area contributed by atoms with E-state index in [-0.39, 0.29) is 12.5 Å². The van der Waals surface area contributed by atoms with E-state index in [1.807, 2.05) is 0 Å². The van der Waals surface area contributed by atoms with Crippen LogP contribution in [0, 0.1) is 0 Å². The van der Waals surface area contributed by atoms with Crippen LogP contribution in [-0.2, 0) is 14.3 Å². The van der Waals surface area contributed by atoms with E-state index in [0.29, 0.717) is 0 Å². The summed E-state index contributed by atoms with van der Waals surface area (Å²) in [7, 11) is 0. The number of carboxylic acids is 1. The molecule has 0 bridgehead atoms. The number of nitrogens with zero attached hydrogens (tertiary/aromatic N) is 1. The maximum absolute atomic E-state index is 11.5. The Morgan fingerprint density at radius 1 is 1.07 bits per heavy atom. The number of ether oxygens (including phenoxy) is 1. The normalized spacial score (nSPS) is 17.2. The zero-order valence-electron chi connectivity index (χ0n) is 8.74. The molecule has 0 radical (unpaired) electrons. The van der Waals surface area contributed by atoms with Crippen LogP contribution in [0.4, 0.5) is 0 Å². The molecule has 1 aliphatic heterocycles. The maximum Gasteiger partial charge on any atom is 0.248 e. The molecule has 0 aromatic heterocycles. The van der Waals surface area contributed by atoms with Crippen molar-refractivity contribution >= 4 is 11.9 Å². The smallest absolute Gasteiger partial charge is 0.248 e. The second-order valence-corrected chi connectivity index (χ2v) is 3.66. The van der Waals surface area contributed by atoms with E-state index in [9.17, 15) is 14.7 Å². The molecule has 0 saturated carbocycles. The van der Waals surface area contributed by atoms with Gasteiger partial charge in [-0.2, -0.15) is 0 Å². The molecule has 1 rings (SSSR count). The SMILES string of the molecule is O=C([O-])COCC(=O)N1CCCCCC1. The number of aliphatic carboxylic acids is 1. The lowest BCUT2D eigenvalue weighted by atomic mass is 10.2. The largest absolute Gasteiger partial charge is 0.548 e. The van der Waals surface area contributed by atoms with Crippen molar-refractivity contribution in [1.29, 1.82) is 0 Å². The number of amides is 1. The van der Waals surface area contributed by atoms with E-state index in [1.165, 1.54) is 0 Å². The van der Waals surface area contributed by atoms with Crippen molar-refractivity contribution in [3.05, 3.63) is 0 Å². The average molecular weight is 214 g/mol. The zero-order valence-corrected chi connectivity index (χ0v) is 8.74. The van der Waals surface area contributed by atoms with Gasteiger partial charge in [-0.1, -0.05) is 12.8 Å². The highest BCUT2D eigenvalue weighted by Gasteiger charge is 2.14. The van der Waals surface area contributed by atoms with Gasteiger partial charge >= 0.3 is 0 Å². The minimum Gasteiger partial charge on any atom is -0.548 e. The van der Waals surface area contributed by atoms with Gasteiger partial charge in [-0.3, -0.25) is 4.79 Å². The summed E-state index contributed by atoms with van der Waals surface area (Å²) in [6, 6.07) is 0. The van der Waals surface area contributed by atoms with Gasteiger partial charge in [-0.25, -0.2) is 0 Å². The molecule has 1 heterocycles. The highest BCUT2D eigenvalue weighted by atomic mass is 16.5. The predicted octanol–water partition coefficient (Wildman–Crippen LogP) is -0.844. The van der Waals surface area contributed by atoms with E-state index in [2.05, 4.69) is 0 Å². The van der Waals surface area contributed by atoms with Crippen molar-refractivity contribution in [1.82, 2.24) is 4.90 Å². The van der Waals surface area contributed by atoms with Gasteiger partial charge in [0.1, 0.15) is 6.61 Å². The van der Waals surface area contributed by atoms with Crippen LogP contribution >= 0.6 is 0 Å². The molecule has 1 fully saturated rings. The Kier molecular flexibility index (Phi) is 5.10. The third-order valence-electron chi connectivity index (χ3n) is 2.40. The number of hydrogen-bond acceptors (Lipinski definition) is 4. The van der Waals surface area contributed by atoms with Crippen LogP contribution in [0.3, 0.4) is 0 Å². The van der Waals surface area contributed by atoms with Gasteiger partial charge in [0, 0.05) is 13.1 Å². The van der Waals surface area contributed by atoms with E-state index >= 15 is 0 Å². The molecule has 5 heteroatoms. The average Bonchev–Trinajstić information content (AvgIpc) is 2.44. The fraction of sp³-hybridized carbons (Fsp3) is 0.800. The number of likely N-dealkylation sites (tertiary alicyclic amines) is 1. The first-order chi connectivity index (χ1) is 7.20. The molecule has 86 valence electrons. The van der Waals surface area contributed by atoms with Crippen LogP contribution in [0.25, 0.3) is 0 Å². The molecule has 5 nitrogen and oxygen atoms in total. The minimum atomic E-state index is -1.29. The molecule has 1 amide bonds. The quantitative estimate of drug-likeness (QED) is 0.611. The number of hydrogen-bond donors (Lipinski definition) is 0. The Bertz CT molecular complexity index is 221. The van der Waals surface area contributed by atoms with Crippen molar-refractivity contribution in [2.45, 2.75) is 25.7 Å². The summed E-state index contributed by atoms with van der Waals surface area (Å²) < 4.78 is 4.70. The monoisotopic (exact) mass is 214 g/mol. The second kappa shape index (κ2) is 6.40. The molecule has 0 aromatic carbocycles. The summed E-state index contributed by atoms with van der Waals surface area (Å²) in [5.74, 6) is -1.42. The molecule has 0 atom stereocenters. The topological polar surface area (TPSA) is 69.7 Å². The Balaban J connectivity index is 2.22. The molecule has 0 N–H and O–H groups in total. The van der Waals surface area contributed by atoms with Crippen LogP contribution in [-0.4, -0.2) is 43.1 Å². The minimum absolute atomic E-state index is 0.127. The lowest BCUT2D eigenvalue weighted by Crippen LogP contribution is -2.36. The highest BCUT2D eigenvalue weighted by Crippen LogP contribution is 2.09. The predicted molar refractivity (Wildman–Crippen MR) is 50.9 cm³/mol. The van der Waals surface area contributed by atoms with Crippen molar-refractivity contribution in [3.63, 3.8) is 0 Å². The molecular formula is C10H16NO4-. The summed E-state index contributed by atoms with van der Waals surface area (Å²) in [6.45, 7) is 0.842. The van der Waals surface area contributed by atoms with E-state index < -0.39 is 12.6 Å². The van der Waals surface area contributed by atoms with Crippen molar-refractivity contribution < 1.29 is 19.4 Å². The first-order valence-corrected chi connectivity index (χ1v) is 5.25. The van der Waals surface area contributed by atoms with Gasteiger partial charge in [0.05, 0.1) is 12.6 Å². The summed E-state index contributed by atoms with van der Waals surface area (Å²) in [5.41, 5.74) is 0. The zero-order chi connectivity index (χ0) is 11.1. The van der Waals surface area contributed by atoms with E-state index in [1.54, 1.807) is 4.90 Å². The van der Waals surface area contributed by atoms with Gasteiger partial charge < -0.3 is 19.5 Å². The van der Waals surface area contributed by atoms with Gasteiger partial charge in [0.2, 0.25) is 5.91 Å². The molecule has 1 saturated heterocycles. The molecule has 0 spiro atoms. The Labute approximate surface area is 89.0 Å². The number of carbonyl (C=O) groups is 2. The lowest BCUT2D eigenvalue weighted by molar-refractivity contribution is -0.309. The summed E-state index contributed by atoms with van der Waals surface area (Å²) >= 11 is 0. The Morgan fingerprint density at radius 2 is 1.67 bits per heavy atom. The van der Waals surface area contributed by atoms with Gasteiger partial charge in [0.15, 0.2) is 0 Å². The number of rotatable bonds is 4. The summed E-state index contributed by atoms with van der Waals surface area (Å²) in [5, 5.41) is 10.1. The summed E-state index contributed by atoms with van der Waals surface area (Å²) in [6.07, 6.45) is 4.35. The molecule has 15 heavy (non-hydrogen) atoms. The third kappa shape index (κ3) is 4.78. The van der Waals surface area contributed by atoms with Crippen molar-refractivity contribution in [3.8, 4) is 0 Å². The van der Waals surface area contributed by atoms with E-state index in [0.717, 1.165) is 38.8 Å². The van der Waals surface area contributed by atoms with Gasteiger partial charge in [-0.15, -0.1) is 0 Å². The summed E-state index contributed by atoms with van der Waals surface area (Å²) in [4.78, 5) is 23.3. The fourth-order valence-electron chi connectivity index (χ4n) is 1.63. The van der Waals surface area contributed by atoms with Crippen LogP contribution in [0.5, 0.6) is 0 Å². The van der Waals surface area contributed by atoms with Crippen LogP contribution < -0.4 is 5.11 Å². The highest BCUT2D eigenvalue weighted by molar-refractivity contribution is 5.77. The standard InChI is InChI=1S/C10H17NO4/c12-9(7-15-8-10(13)14)11-5-3-1-2-4-6-11/h1-8H2,(H,13,14)/p-1. The number of carboxylic acid groups (broad SMARTS) is 1. The van der Waals surface area contributed by atoms with Crippen LogP contribution in [0.1, 0.15) is 25.7 Å². The van der Waals surface area contributed by atoms with Crippen LogP contribution in [0.2, 0.25) is 0 Å². The van der Waals surface area contributed by atoms with Gasteiger partial charge in [-0.05, 0) is 12.8 Å². The van der Waals surface area contributed by atoms with Gasteiger partial charge in [0.25, 0.3) is 0 Å². The lowest BCUT2D eigenvalue weighted by Gasteiger charge is -2.20. The molecule has 0 aliphatic carbocycles. The third-order valence-corrected chi connectivity index (χ3v) is 2.40.